The number of aryl methyl sites for hydroxylation is 1. The molecular weight excluding hydrogens is 287 g/mol. The largest absolute Gasteiger partial charge is 0.417 e. The number of benzene rings is 1. The second-order valence-electron chi connectivity index (χ2n) is 4.15. The van der Waals surface area contributed by atoms with Gasteiger partial charge in [-0.1, -0.05) is 5.16 Å². The molecule has 8 heteroatoms. The first-order valence-corrected chi connectivity index (χ1v) is 5.67. The third-order valence-electron chi connectivity index (χ3n) is 2.56. The lowest BCUT2D eigenvalue weighted by molar-refractivity contribution is -0.137. The van der Waals surface area contributed by atoms with Crippen LogP contribution >= 0.6 is 0 Å². The van der Waals surface area contributed by atoms with E-state index < -0.39 is 23.2 Å². The molecule has 0 fully saturated rings. The monoisotopic (exact) mass is 295 g/mol. The number of hydrogen-bond acceptors (Lipinski definition) is 4. The zero-order valence-corrected chi connectivity index (χ0v) is 10.7. The Hall–Kier alpha value is -2.82. The van der Waals surface area contributed by atoms with E-state index in [-0.39, 0.29) is 11.4 Å². The van der Waals surface area contributed by atoms with E-state index in [1.54, 1.807) is 6.92 Å². The van der Waals surface area contributed by atoms with Crippen LogP contribution in [0.5, 0.6) is 0 Å². The van der Waals surface area contributed by atoms with Crippen LogP contribution in [0.2, 0.25) is 0 Å². The summed E-state index contributed by atoms with van der Waals surface area (Å²) in [6, 6.07) is 5.71. The van der Waals surface area contributed by atoms with Crippen LogP contribution in [-0.2, 0) is 6.18 Å². The van der Waals surface area contributed by atoms with E-state index in [4.69, 9.17) is 9.78 Å². The van der Waals surface area contributed by atoms with Gasteiger partial charge < -0.3 is 9.84 Å². The van der Waals surface area contributed by atoms with Crippen LogP contribution < -0.4 is 5.32 Å². The summed E-state index contributed by atoms with van der Waals surface area (Å²) in [5.41, 5.74) is -1.77. The van der Waals surface area contributed by atoms with Crippen molar-refractivity contribution in [1.29, 1.82) is 5.26 Å². The zero-order valence-electron chi connectivity index (χ0n) is 10.7. The molecule has 2 aromatic rings. The molecule has 0 aliphatic carbocycles. The van der Waals surface area contributed by atoms with Crippen molar-refractivity contribution in [3.8, 4) is 6.07 Å². The number of alkyl halides is 3. The lowest BCUT2D eigenvalue weighted by Crippen LogP contribution is -2.14. The van der Waals surface area contributed by atoms with Crippen molar-refractivity contribution >= 4 is 11.6 Å². The average Bonchev–Trinajstić information content (AvgIpc) is 2.84. The lowest BCUT2D eigenvalue weighted by Gasteiger charge is -2.11. The van der Waals surface area contributed by atoms with Gasteiger partial charge in [0.2, 0.25) is 0 Å². The normalized spacial score (nSPS) is 11.0. The summed E-state index contributed by atoms with van der Waals surface area (Å²) in [7, 11) is 0. The molecule has 21 heavy (non-hydrogen) atoms. The van der Waals surface area contributed by atoms with Gasteiger partial charge in [-0.25, -0.2) is 0 Å². The molecule has 0 saturated heterocycles. The van der Waals surface area contributed by atoms with Gasteiger partial charge in [0.1, 0.15) is 5.76 Å². The van der Waals surface area contributed by atoms with Crippen molar-refractivity contribution in [2.24, 2.45) is 0 Å². The molecule has 5 nitrogen and oxygen atoms in total. The Morgan fingerprint density at radius 3 is 2.62 bits per heavy atom. The highest BCUT2D eigenvalue weighted by molar-refractivity contribution is 6.02. The molecule has 0 spiro atoms. The van der Waals surface area contributed by atoms with Crippen LogP contribution in [-0.4, -0.2) is 11.1 Å². The van der Waals surface area contributed by atoms with E-state index in [9.17, 15) is 18.0 Å². The maximum absolute atomic E-state index is 12.8. The number of carbonyl (C=O) groups excluding carboxylic acids is 1. The van der Waals surface area contributed by atoms with Crippen molar-refractivity contribution in [2.75, 3.05) is 5.32 Å². The number of nitrogens with zero attached hydrogens (tertiary/aromatic N) is 2. The summed E-state index contributed by atoms with van der Waals surface area (Å²) in [5, 5.41) is 14.4. The summed E-state index contributed by atoms with van der Waals surface area (Å²) < 4.78 is 43.1. The number of amides is 1. The van der Waals surface area contributed by atoms with E-state index in [2.05, 4.69) is 10.5 Å². The van der Waals surface area contributed by atoms with Gasteiger partial charge in [-0.05, 0) is 25.1 Å². The summed E-state index contributed by atoms with van der Waals surface area (Å²) in [6.07, 6.45) is -4.68. The maximum atomic E-state index is 12.8. The first-order valence-electron chi connectivity index (χ1n) is 5.67. The Labute approximate surface area is 117 Å². The third-order valence-corrected chi connectivity index (χ3v) is 2.56. The van der Waals surface area contributed by atoms with Crippen molar-refractivity contribution in [1.82, 2.24) is 5.16 Å². The predicted octanol–water partition coefficient (Wildman–Crippen LogP) is 3.13. The molecule has 0 unspecified atom stereocenters. The SMILES string of the molecule is Cc1cc(C(=O)Nc2ccc(C#N)c(C(F)(F)F)c2)no1. The van der Waals surface area contributed by atoms with Crippen LogP contribution in [0.3, 0.4) is 0 Å². The maximum Gasteiger partial charge on any atom is 0.417 e. The molecule has 0 aliphatic heterocycles. The first-order chi connectivity index (χ1) is 9.81. The topological polar surface area (TPSA) is 78.9 Å². The van der Waals surface area contributed by atoms with E-state index in [1.165, 1.54) is 18.2 Å². The second kappa shape index (κ2) is 5.28. The predicted molar refractivity (Wildman–Crippen MR) is 65.4 cm³/mol. The fraction of sp³-hybridized carbons (Fsp3) is 0.154. The summed E-state index contributed by atoms with van der Waals surface area (Å²) in [5.74, 6) is -0.305. The summed E-state index contributed by atoms with van der Waals surface area (Å²) in [4.78, 5) is 11.8. The number of anilines is 1. The highest BCUT2D eigenvalue weighted by atomic mass is 19.4. The highest BCUT2D eigenvalue weighted by Crippen LogP contribution is 2.33. The van der Waals surface area contributed by atoms with Crippen LogP contribution in [0.25, 0.3) is 0 Å². The molecule has 1 amide bonds. The van der Waals surface area contributed by atoms with Crippen molar-refractivity contribution < 1.29 is 22.5 Å². The molecule has 2 rings (SSSR count). The Morgan fingerprint density at radius 2 is 2.10 bits per heavy atom. The van der Waals surface area contributed by atoms with E-state index in [1.807, 2.05) is 0 Å². The van der Waals surface area contributed by atoms with Crippen molar-refractivity contribution in [3.05, 3.63) is 46.8 Å². The minimum absolute atomic E-state index is 0.0505. The minimum atomic E-state index is -4.68. The Kier molecular flexibility index (Phi) is 3.67. The molecule has 0 saturated carbocycles. The number of rotatable bonds is 2. The van der Waals surface area contributed by atoms with Crippen molar-refractivity contribution in [2.45, 2.75) is 13.1 Å². The van der Waals surface area contributed by atoms with Crippen molar-refractivity contribution in [3.63, 3.8) is 0 Å². The molecule has 0 bridgehead atoms. The average molecular weight is 295 g/mol. The molecule has 1 aromatic heterocycles. The van der Waals surface area contributed by atoms with Gasteiger partial charge in [0.15, 0.2) is 5.69 Å². The fourth-order valence-electron chi connectivity index (χ4n) is 1.62. The highest BCUT2D eigenvalue weighted by Gasteiger charge is 2.34. The number of nitrogens with one attached hydrogen (secondary N) is 1. The molecule has 1 N–H and O–H groups in total. The smallest absolute Gasteiger partial charge is 0.361 e. The molecule has 0 aliphatic rings. The molecule has 1 aromatic carbocycles. The second-order valence-corrected chi connectivity index (χ2v) is 4.15. The van der Waals surface area contributed by atoms with Crippen LogP contribution in [0.15, 0.2) is 28.8 Å². The van der Waals surface area contributed by atoms with Gasteiger partial charge in [-0.15, -0.1) is 0 Å². The van der Waals surface area contributed by atoms with Crippen LogP contribution in [0, 0.1) is 18.3 Å². The number of aromatic nitrogens is 1. The summed E-state index contributed by atoms with van der Waals surface area (Å²) >= 11 is 0. The lowest BCUT2D eigenvalue weighted by atomic mass is 10.1. The van der Waals surface area contributed by atoms with E-state index in [0.29, 0.717) is 11.8 Å². The minimum Gasteiger partial charge on any atom is -0.361 e. The Balaban J connectivity index is 2.30. The first kappa shape index (κ1) is 14.6. The van der Waals surface area contributed by atoms with Gasteiger partial charge in [0.05, 0.1) is 17.2 Å². The Morgan fingerprint density at radius 1 is 1.38 bits per heavy atom. The third kappa shape index (κ3) is 3.20. The van der Waals surface area contributed by atoms with E-state index in [0.717, 1.165) is 6.07 Å². The van der Waals surface area contributed by atoms with Gasteiger partial charge in [0.25, 0.3) is 5.91 Å². The van der Waals surface area contributed by atoms with Gasteiger partial charge in [0, 0.05) is 11.8 Å². The zero-order chi connectivity index (χ0) is 15.6. The molecule has 108 valence electrons. The molecule has 1 heterocycles. The van der Waals surface area contributed by atoms with E-state index >= 15 is 0 Å². The summed E-state index contributed by atoms with van der Waals surface area (Å²) in [6.45, 7) is 1.58. The van der Waals surface area contributed by atoms with Crippen LogP contribution in [0.4, 0.5) is 18.9 Å². The fourth-order valence-corrected chi connectivity index (χ4v) is 1.62. The number of halogens is 3. The van der Waals surface area contributed by atoms with Crippen LogP contribution in [0.1, 0.15) is 27.4 Å². The molecule has 0 atom stereocenters. The number of hydrogen-bond donors (Lipinski definition) is 1. The molecular formula is C13H8F3N3O2. The number of nitriles is 1. The van der Waals surface area contributed by atoms with Gasteiger partial charge >= 0.3 is 6.18 Å². The standard InChI is InChI=1S/C13H8F3N3O2/c1-7-4-11(19-21-7)12(20)18-9-3-2-8(6-17)10(5-9)13(14,15)16/h2-5H,1H3,(H,18,20). The number of carbonyl (C=O) groups is 1. The van der Waals surface area contributed by atoms with Gasteiger partial charge in [-0.3, -0.25) is 4.79 Å². The Bertz CT molecular complexity index is 729. The van der Waals surface area contributed by atoms with Gasteiger partial charge in [-0.2, -0.15) is 18.4 Å². The molecule has 0 radical (unpaired) electrons. The quantitative estimate of drug-likeness (QED) is 0.923.